The molecule has 32 heavy (non-hydrogen) atoms. The van der Waals surface area contributed by atoms with Crippen LogP contribution >= 0.6 is 0 Å². The van der Waals surface area contributed by atoms with Gasteiger partial charge < -0.3 is 14.2 Å². The first-order valence-electron chi connectivity index (χ1n) is 10.7. The van der Waals surface area contributed by atoms with Crippen molar-refractivity contribution in [2.45, 2.75) is 32.7 Å². The van der Waals surface area contributed by atoms with Gasteiger partial charge in [0.05, 0.1) is 42.2 Å². The number of aromatic nitrogens is 5. The second-order valence-electron chi connectivity index (χ2n) is 8.07. The van der Waals surface area contributed by atoms with E-state index in [4.69, 9.17) is 4.74 Å². The number of rotatable bonds is 5. The Balaban J connectivity index is 1.49. The van der Waals surface area contributed by atoms with E-state index in [9.17, 15) is 4.39 Å². The van der Waals surface area contributed by atoms with E-state index in [2.05, 4.69) is 27.1 Å². The highest BCUT2D eigenvalue weighted by Crippen LogP contribution is 2.34. The smallest absolute Gasteiger partial charge is 0.175 e. The van der Waals surface area contributed by atoms with E-state index in [1.54, 1.807) is 13.4 Å². The predicted molar refractivity (Wildman–Crippen MR) is 120 cm³/mol. The van der Waals surface area contributed by atoms with Gasteiger partial charge in [-0.05, 0) is 56.5 Å². The van der Waals surface area contributed by atoms with Crippen LogP contribution in [0.4, 0.5) is 10.2 Å². The molecule has 0 saturated carbocycles. The molecule has 2 aromatic heterocycles. The molecule has 0 fully saturated rings. The molecular formula is C24H25FN6O. The van der Waals surface area contributed by atoms with E-state index >= 15 is 0 Å². The van der Waals surface area contributed by atoms with Crippen LogP contribution in [0.3, 0.4) is 0 Å². The second-order valence-corrected chi connectivity index (χ2v) is 8.07. The molecule has 0 N–H and O–H groups in total. The van der Waals surface area contributed by atoms with Crippen LogP contribution in [-0.2, 0) is 6.42 Å². The van der Waals surface area contributed by atoms with Gasteiger partial charge in [0.15, 0.2) is 5.82 Å². The van der Waals surface area contributed by atoms with Gasteiger partial charge >= 0.3 is 0 Å². The summed E-state index contributed by atoms with van der Waals surface area (Å²) < 4.78 is 22.9. The van der Waals surface area contributed by atoms with Crippen molar-refractivity contribution in [2.75, 3.05) is 18.6 Å². The first-order chi connectivity index (χ1) is 15.5. The van der Waals surface area contributed by atoms with Crippen LogP contribution in [0.5, 0.6) is 5.75 Å². The van der Waals surface area contributed by atoms with Gasteiger partial charge in [0.1, 0.15) is 11.6 Å². The third-order valence-corrected chi connectivity index (χ3v) is 6.04. The zero-order valence-corrected chi connectivity index (χ0v) is 18.4. The van der Waals surface area contributed by atoms with Crippen molar-refractivity contribution >= 4 is 5.82 Å². The van der Waals surface area contributed by atoms with E-state index in [-0.39, 0.29) is 11.9 Å². The molecule has 0 spiro atoms. The van der Waals surface area contributed by atoms with Crippen LogP contribution in [0.1, 0.15) is 36.3 Å². The summed E-state index contributed by atoms with van der Waals surface area (Å²) in [4.78, 5) is 6.55. The van der Waals surface area contributed by atoms with Crippen molar-refractivity contribution < 1.29 is 9.13 Å². The molecule has 0 bridgehead atoms. The first kappa shape index (κ1) is 20.2. The van der Waals surface area contributed by atoms with Crippen molar-refractivity contribution in [3.8, 4) is 17.1 Å². The Morgan fingerprint density at radius 3 is 2.66 bits per heavy atom. The minimum atomic E-state index is -0.227. The Bertz CT molecular complexity index is 1250. The number of aryl methyl sites for hydroxylation is 1. The summed E-state index contributed by atoms with van der Waals surface area (Å²) in [6.07, 6.45) is 5.62. The first-order valence-corrected chi connectivity index (χ1v) is 10.7. The molecule has 4 aromatic rings. The highest BCUT2D eigenvalue weighted by Gasteiger charge is 2.28. The molecule has 0 amide bonds. The number of fused-ring (bicyclic) bond motifs is 1. The summed E-state index contributed by atoms with van der Waals surface area (Å²) in [6, 6.07) is 12.7. The number of halogens is 1. The fourth-order valence-electron chi connectivity index (χ4n) is 4.33. The Labute approximate surface area is 186 Å². The maximum absolute atomic E-state index is 13.4. The molecule has 7 nitrogen and oxygen atoms in total. The predicted octanol–water partition coefficient (Wildman–Crippen LogP) is 4.42. The molecule has 0 saturated heterocycles. The third-order valence-electron chi connectivity index (χ3n) is 6.04. The number of anilines is 1. The second kappa shape index (κ2) is 8.11. The molecule has 164 valence electrons. The van der Waals surface area contributed by atoms with Crippen LogP contribution in [-0.4, -0.2) is 38.2 Å². The van der Waals surface area contributed by atoms with E-state index in [1.165, 1.54) is 12.1 Å². The van der Waals surface area contributed by atoms with Gasteiger partial charge in [-0.1, -0.05) is 17.3 Å². The van der Waals surface area contributed by atoms with Crippen molar-refractivity contribution in [2.24, 2.45) is 0 Å². The van der Waals surface area contributed by atoms with Gasteiger partial charge in [-0.25, -0.2) is 14.1 Å². The molecule has 0 radical (unpaired) electrons. The molecular weight excluding hydrogens is 407 g/mol. The average molecular weight is 433 g/mol. The normalized spacial score (nSPS) is 14.3. The maximum atomic E-state index is 13.4. The topological polar surface area (TPSA) is 61.0 Å². The molecule has 8 heteroatoms. The molecule has 3 heterocycles. The summed E-state index contributed by atoms with van der Waals surface area (Å²) >= 11 is 0. The van der Waals surface area contributed by atoms with Gasteiger partial charge in [-0.15, -0.1) is 5.10 Å². The van der Waals surface area contributed by atoms with Crippen LogP contribution in [0, 0.1) is 12.7 Å². The van der Waals surface area contributed by atoms with E-state index in [0.29, 0.717) is 0 Å². The molecule has 1 aliphatic heterocycles. The standard InChI is InChI=1S/C24H25FN6O/c1-16-14-29(15-26-16)21-11-10-20(13-23(21)32-3)31-22-5-4-12-30(24(22)27-28-31)17(2)18-6-8-19(25)9-7-18/h6-11,13-15,17H,4-5,12H2,1-3H3. The summed E-state index contributed by atoms with van der Waals surface area (Å²) in [5.74, 6) is 1.38. The highest BCUT2D eigenvalue weighted by molar-refractivity contribution is 5.56. The SMILES string of the molecule is COc1cc(-n2nnc3c2CCCN3C(C)c2ccc(F)cc2)ccc1-n1cnc(C)c1. The van der Waals surface area contributed by atoms with Crippen molar-refractivity contribution in [3.05, 3.63) is 77.8 Å². The van der Waals surface area contributed by atoms with Gasteiger partial charge in [0, 0.05) is 18.8 Å². The molecule has 5 rings (SSSR count). The van der Waals surface area contributed by atoms with E-state index < -0.39 is 0 Å². The minimum Gasteiger partial charge on any atom is -0.494 e. The zero-order valence-electron chi connectivity index (χ0n) is 18.4. The number of nitrogens with zero attached hydrogens (tertiary/aromatic N) is 6. The lowest BCUT2D eigenvalue weighted by molar-refractivity contribution is 0.412. The number of hydrogen-bond donors (Lipinski definition) is 0. The zero-order chi connectivity index (χ0) is 22.2. The summed E-state index contributed by atoms with van der Waals surface area (Å²) in [7, 11) is 1.66. The number of hydrogen-bond acceptors (Lipinski definition) is 5. The van der Waals surface area contributed by atoms with Crippen LogP contribution in [0.15, 0.2) is 55.0 Å². The quantitative estimate of drug-likeness (QED) is 0.467. The number of methoxy groups -OCH3 is 1. The highest BCUT2D eigenvalue weighted by atomic mass is 19.1. The Kier molecular flexibility index (Phi) is 5.13. The van der Waals surface area contributed by atoms with Gasteiger partial charge in [0.2, 0.25) is 0 Å². The average Bonchev–Trinajstić information content (AvgIpc) is 3.45. The largest absolute Gasteiger partial charge is 0.494 e. The fourth-order valence-corrected chi connectivity index (χ4v) is 4.33. The molecule has 1 atom stereocenters. The third kappa shape index (κ3) is 3.51. The monoisotopic (exact) mass is 432 g/mol. The minimum absolute atomic E-state index is 0.0705. The van der Waals surface area contributed by atoms with E-state index in [1.807, 2.05) is 52.7 Å². The maximum Gasteiger partial charge on any atom is 0.175 e. The molecule has 1 unspecified atom stereocenters. The number of ether oxygens (including phenoxy) is 1. The Morgan fingerprint density at radius 2 is 1.94 bits per heavy atom. The van der Waals surface area contributed by atoms with Gasteiger partial charge in [-0.2, -0.15) is 0 Å². The van der Waals surface area contributed by atoms with Crippen molar-refractivity contribution in [1.82, 2.24) is 24.5 Å². The van der Waals surface area contributed by atoms with Crippen LogP contribution < -0.4 is 9.64 Å². The summed E-state index contributed by atoms with van der Waals surface area (Å²) in [5, 5.41) is 9.01. The molecule has 2 aromatic carbocycles. The summed E-state index contributed by atoms with van der Waals surface area (Å²) in [6.45, 7) is 4.95. The summed E-state index contributed by atoms with van der Waals surface area (Å²) in [5.41, 5.74) is 4.87. The van der Waals surface area contributed by atoms with Crippen molar-refractivity contribution in [1.29, 1.82) is 0 Å². The number of imidazole rings is 1. The van der Waals surface area contributed by atoms with Gasteiger partial charge in [0.25, 0.3) is 0 Å². The fraction of sp³-hybridized carbons (Fsp3) is 0.292. The Morgan fingerprint density at radius 1 is 1.12 bits per heavy atom. The van der Waals surface area contributed by atoms with Gasteiger partial charge in [-0.3, -0.25) is 0 Å². The lowest BCUT2D eigenvalue weighted by Gasteiger charge is -2.33. The van der Waals surface area contributed by atoms with Crippen LogP contribution in [0.2, 0.25) is 0 Å². The lowest BCUT2D eigenvalue weighted by atomic mass is 10.0. The lowest BCUT2D eigenvalue weighted by Crippen LogP contribution is -2.32. The number of benzene rings is 2. The van der Waals surface area contributed by atoms with Crippen LogP contribution in [0.25, 0.3) is 11.4 Å². The molecule has 0 aliphatic carbocycles. The van der Waals surface area contributed by atoms with E-state index in [0.717, 1.165) is 59.3 Å². The van der Waals surface area contributed by atoms with Crippen molar-refractivity contribution in [3.63, 3.8) is 0 Å². The molecule has 1 aliphatic rings. The Hall–Kier alpha value is -3.68.